The van der Waals surface area contributed by atoms with Crippen LogP contribution in [0.5, 0.6) is 0 Å². The molecule has 0 spiro atoms. The van der Waals surface area contributed by atoms with Crippen molar-refractivity contribution in [1.82, 2.24) is 16.0 Å². The summed E-state index contributed by atoms with van der Waals surface area (Å²) in [7, 11) is 3.89. The minimum Gasteiger partial charge on any atom is -0.467 e. The second-order valence-electron chi connectivity index (χ2n) is 6.53. The Kier molecular flexibility index (Phi) is 9.55. The van der Waals surface area contributed by atoms with Gasteiger partial charge >= 0.3 is 18.0 Å². The highest BCUT2D eigenvalue weighted by molar-refractivity contribution is 5.87. The molecule has 0 fully saturated rings. The molecule has 0 bridgehead atoms. The zero-order chi connectivity index (χ0) is 19.6. The topological polar surface area (TPSA) is 123 Å². The molecule has 0 saturated heterocycles. The van der Waals surface area contributed by atoms with Crippen LogP contribution in [0.4, 0.5) is 4.79 Å². The molecule has 0 aliphatic heterocycles. The van der Waals surface area contributed by atoms with E-state index in [9.17, 15) is 19.2 Å². The summed E-state index contributed by atoms with van der Waals surface area (Å²) >= 11 is 0. The van der Waals surface area contributed by atoms with Crippen molar-refractivity contribution in [2.24, 2.45) is 5.41 Å². The summed E-state index contributed by atoms with van der Waals surface area (Å²) in [6.07, 6.45) is 0.893. The average molecular weight is 359 g/mol. The Labute approximate surface area is 148 Å². The van der Waals surface area contributed by atoms with Crippen LogP contribution in [0.25, 0.3) is 0 Å². The van der Waals surface area contributed by atoms with Gasteiger partial charge in [-0.1, -0.05) is 20.8 Å². The molecule has 0 radical (unpaired) electrons. The predicted octanol–water partition coefficient (Wildman–Crippen LogP) is 0.331. The Morgan fingerprint density at radius 1 is 0.880 bits per heavy atom. The third-order valence-corrected chi connectivity index (χ3v) is 3.48. The highest BCUT2D eigenvalue weighted by Crippen LogP contribution is 2.15. The molecule has 0 aliphatic carbocycles. The largest absolute Gasteiger partial charge is 0.467 e. The molecule has 144 valence electrons. The maximum absolute atomic E-state index is 12.1. The molecule has 2 unspecified atom stereocenters. The molecule has 0 aliphatic rings. The number of hydrogen-bond donors (Lipinski definition) is 3. The molecular formula is C16H29N3O6. The summed E-state index contributed by atoms with van der Waals surface area (Å²) in [6, 6.07) is -2.18. The van der Waals surface area contributed by atoms with Gasteiger partial charge in [-0.3, -0.25) is 4.79 Å². The van der Waals surface area contributed by atoms with Crippen LogP contribution in [0.1, 0.15) is 40.0 Å². The standard InChI is InChI=1S/C16H29N3O6/c1-16(2,3)14(22)18-10(12(20)24-5)8-7-9-11(13(21)25-6)19-15(23)17-4/h10-11H,7-9H2,1-6H3,(H,18,22)(H2,17,19,23). The smallest absolute Gasteiger partial charge is 0.328 e. The zero-order valence-corrected chi connectivity index (χ0v) is 15.7. The van der Waals surface area contributed by atoms with Crippen LogP contribution in [-0.2, 0) is 23.9 Å². The molecule has 9 nitrogen and oxygen atoms in total. The van der Waals surface area contributed by atoms with E-state index in [1.807, 2.05) is 0 Å². The number of nitrogens with one attached hydrogen (secondary N) is 3. The summed E-state index contributed by atoms with van der Waals surface area (Å²) in [5, 5.41) is 7.47. The molecule has 0 rings (SSSR count). The molecular weight excluding hydrogens is 330 g/mol. The Balaban J connectivity index is 4.80. The normalized spacial score (nSPS) is 13.2. The molecule has 25 heavy (non-hydrogen) atoms. The van der Waals surface area contributed by atoms with E-state index >= 15 is 0 Å². The summed E-state index contributed by atoms with van der Waals surface area (Å²) in [5.41, 5.74) is -0.651. The minimum absolute atomic E-state index is 0.249. The fourth-order valence-corrected chi connectivity index (χ4v) is 1.91. The number of hydrogen-bond acceptors (Lipinski definition) is 6. The van der Waals surface area contributed by atoms with Crippen molar-refractivity contribution in [2.75, 3.05) is 21.3 Å². The summed E-state index contributed by atoms with van der Waals surface area (Å²) in [4.78, 5) is 47.0. The van der Waals surface area contributed by atoms with Crippen molar-refractivity contribution in [3.8, 4) is 0 Å². The van der Waals surface area contributed by atoms with E-state index in [1.54, 1.807) is 20.8 Å². The zero-order valence-electron chi connectivity index (χ0n) is 15.7. The van der Waals surface area contributed by atoms with E-state index < -0.39 is 35.5 Å². The van der Waals surface area contributed by atoms with Crippen LogP contribution in [0, 0.1) is 5.41 Å². The molecule has 0 aromatic heterocycles. The molecule has 0 heterocycles. The van der Waals surface area contributed by atoms with Gasteiger partial charge in [0, 0.05) is 12.5 Å². The van der Waals surface area contributed by atoms with E-state index in [-0.39, 0.29) is 18.7 Å². The molecule has 9 heteroatoms. The molecule has 0 aromatic rings. The fourth-order valence-electron chi connectivity index (χ4n) is 1.91. The van der Waals surface area contributed by atoms with Crippen LogP contribution in [0.3, 0.4) is 0 Å². The van der Waals surface area contributed by atoms with Crippen molar-refractivity contribution in [3.63, 3.8) is 0 Å². The Hall–Kier alpha value is -2.32. The first-order valence-corrected chi connectivity index (χ1v) is 8.01. The summed E-state index contributed by atoms with van der Waals surface area (Å²) in [6.45, 7) is 5.20. The minimum atomic E-state index is -0.846. The van der Waals surface area contributed by atoms with Crippen LogP contribution in [0.2, 0.25) is 0 Å². The molecule has 3 N–H and O–H groups in total. The first-order chi connectivity index (χ1) is 11.6. The Morgan fingerprint density at radius 2 is 1.32 bits per heavy atom. The van der Waals surface area contributed by atoms with Gasteiger partial charge in [-0.15, -0.1) is 0 Å². The van der Waals surface area contributed by atoms with Gasteiger partial charge in [0.15, 0.2) is 0 Å². The second kappa shape index (κ2) is 10.5. The second-order valence-corrected chi connectivity index (χ2v) is 6.53. The highest BCUT2D eigenvalue weighted by Gasteiger charge is 2.29. The quantitative estimate of drug-likeness (QED) is 0.537. The molecule has 3 amide bonds. The lowest BCUT2D eigenvalue weighted by atomic mass is 9.94. The van der Waals surface area contributed by atoms with E-state index in [1.165, 1.54) is 21.3 Å². The number of methoxy groups -OCH3 is 2. The van der Waals surface area contributed by atoms with Crippen molar-refractivity contribution in [3.05, 3.63) is 0 Å². The van der Waals surface area contributed by atoms with Gasteiger partial charge in [-0.25, -0.2) is 14.4 Å². The van der Waals surface area contributed by atoms with Crippen molar-refractivity contribution in [2.45, 2.75) is 52.1 Å². The lowest BCUT2D eigenvalue weighted by Crippen LogP contribution is -2.47. The van der Waals surface area contributed by atoms with E-state index in [2.05, 4.69) is 20.7 Å². The summed E-state index contributed by atoms with van der Waals surface area (Å²) < 4.78 is 9.36. The van der Waals surface area contributed by atoms with Crippen molar-refractivity contribution < 1.29 is 28.7 Å². The lowest BCUT2D eigenvalue weighted by molar-refractivity contribution is -0.146. The van der Waals surface area contributed by atoms with E-state index in [0.717, 1.165) is 0 Å². The third kappa shape index (κ3) is 8.37. The lowest BCUT2D eigenvalue weighted by Gasteiger charge is -2.23. The fraction of sp³-hybridized carbons (Fsp3) is 0.750. The number of amides is 3. The number of carbonyl (C=O) groups is 4. The molecule has 2 atom stereocenters. The Morgan fingerprint density at radius 3 is 1.68 bits per heavy atom. The number of esters is 2. The first kappa shape index (κ1) is 22.7. The van der Waals surface area contributed by atoms with Gasteiger partial charge in [0.05, 0.1) is 14.2 Å². The maximum atomic E-state index is 12.1. The number of rotatable bonds is 8. The van der Waals surface area contributed by atoms with Gasteiger partial charge < -0.3 is 25.4 Å². The average Bonchev–Trinajstić information content (AvgIpc) is 2.56. The first-order valence-electron chi connectivity index (χ1n) is 8.01. The molecule has 0 saturated carbocycles. The number of ether oxygens (including phenoxy) is 2. The van der Waals surface area contributed by atoms with Gasteiger partial charge in [0.1, 0.15) is 12.1 Å². The van der Waals surface area contributed by atoms with Crippen LogP contribution < -0.4 is 16.0 Å². The van der Waals surface area contributed by atoms with Gasteiger partial charge in [-0.05, 0) is 19.3 Å². The molecule has 0 aromatic carbocycles. The van der Waals surface area contributed by atoms with Crippen molar-refractivity contribution >= 4 is 23.9 Å². The van der Waals surface area contributed by atoms with E-state index in [4.69, 9.17) is 4.74 Å². The van der Waals surface area contributed by atoms with Gasteiger partial charge in [0.2, 0.25) is 5.91 Å². The van der Waals surface area contributed by atoms with Crippen LogP contribution in [-0.4, -0.2) is 57.2 Å². The SMILES string of the molecule is CNC(=O)NC(CCCC(NC(=O)C(C)(C)C)C(=O)OC)C(=O)OC. The van der Waals surface area contributed by atoms with Gasteiger partial charge in [0.25, 0.3) is 0 Å². The predicted molar refractivity (Wildman–Crippen MR) is 90.6 cm³/mol. The monoisotopic (exact) mass is 359 g/mol. The number of urea groups is 1. The van der Waals surface area contributed by atoms with E-state index in [0.29, 0.717) is 6.42 Å². The van der Waals surface area contributed by atoms with Gasteiger partial charge in [-0.2, -0.15) is 0 Å². The Bertz CT molecular complexity index is 487. The van der Waals surface area contributed by atoms with Crippen molar-refractivity contribution in [1.29, 1.82) is 0 Å². The summed E-state index contributed by atoms with van der Waals surface area (Å²) in [5.74, 6) is -1.43. The maximum Gasteiger partial charge on any atom is 0.328 e. The number of carbonyl (C=O) groups excluding carboxylic acids is 4. The highest BCUT2D eigenvalue weighted by atomic mass is 16.5. The van der Waals surface area contributed by atoms with Crippen LogP contribution >= 0.6 is 0 Å². The van der Waals surface area contributed by atoms with Crippen LogP contribution in [0.15, 0.2) is 0 Å². The third-order valence-electron chi connectivity index (χ3n) is 3.48.